The molecule has 0 atom stereocenters. The standard InChI is InChI=1S/C22H18F3N5O2/c1-3-14-12-30(19-8-7-15(10-16(14)19)32-22(23,24)25)29-21(31)17-11-27-20(28-13(17)2)18-6-4-5-9-26-18/h4-12H,3H2,1-2H3,(H,29,31). The van der Waals surface area contributed by atoms with E-state index in [1.54, 1.807) is 31.5 Å². The number of halogens is 3. The monoisotopic (exact) mass is 441 g/mol. The highest BCUT2D eigenvalue weighted by Gasteiger charge is 2.31. The summed E-state index contributed by atoms with van der Waals surface area (Å²) in [6.45, 7) is 3.56. The van der Waals surface area contributed by atoms with Crippen molar-refractivity contribution in [2.45, 2.75) is 26.6 Å². The van der Waals surface area contributed by atoms with Gasteiger partial charge in [0.2, 0.25) is 0 Å². The number of nitrogens with one attached hydrogen (secondary N) is 1. The van der Waals surface area contributed by atoms with E-state index in [1.165, 1.54) is 29.1 Å². The molecule has 0 radical (unpaired) electrons. The molecule has 1 aromatic carbocycles. The molecule has 0 saturated heterocycles. The molecule has 0 aliphatic heterocycles. The van der Waals surface area contributed by atoms with Gasteiger partial charge in [0.25, 0.3) is 5.91 Å². The molecule has 1 N–H and O–H groups in total. The minimum Gasteiger partial charge on any atom is -0.406 e. The topological polar surface area (TPSA) is 81.9 Å². The fourth-order valence-corrected chi connectivity index (χ4v) is 3.33. The van der Waals surface area contributed by atoms with Gasteiger partial charge >= 0.3 is 6.36 Å². The van der Waals surface area contributed by atoms with Crippen molar-refractivity contribution >= 4 is 16.8 Å². The van der Waals surface area contributed by atoms with Crippen molar-refractivity contribution in [3.8, 4) is 17.3 Å². The van der Waals surface area contributed by atoms with E-state index in [9.17, 15) is 18.0 Å². The highest BCUT2D eigenvalue weighted by atomic mass is 19.4. The molecule has 0 fully saturated rings. The number of ether oxygens (including phenoxy) is 1. The molecule has 0 aliphatic rings. The van der Waals surface area contributed by atoms with Crippen molar-refractivity contribution in [1.82, 2.24) is 19.6 Å². The highest BCUT2D eigenvalue weighted by molar-refractivity contribution is 6.02. The lowest BCUT2D eigenvalue weighted by Crippen LogP contribution is -2.23. The van der Waals surface area contributed by atoms with Crippen LogP contribution in [0.1, 0.15) is 28.5 Å². The number of aryl methyl sites for hydroxylation is 2. The average Bonchev–Trinajstić information content (AvgIpc) is 3.09. The first-order valence-corrected chi connectivity index (χ1v) is 9.71. The number of aromatic nitrogens is 4. The van der Waals surface area contributed by atoms with Crippen LogP contribution in [0.2, 0.25) is 0 Å². The molecule has 0 spiro atoms. The van der Waals surface area contributed by atoms with Gasteiger partial charge < -0.3 is 4.74 Å². The van der Waals surface area contributed by atoms with Crippen molar-refractivity contribution in [2.75, 3.05) is 5.43 Å². The summed E-state index contributed by atoms with van der Waals surface area (Å²) in [5.41, 5.74) is 5.35. The molecule has 164 valence electrons. The Hall–Kier alpha value is -3.95. The number of pyridine rings is 1. The minimum atomic E-state index is -4.78. The van der Waals surface area contributed by atoms with Crippen LogP contribution in [0.3, 0.4) is 0 Å². The summed E-state index contributed by atoms with van der Waals surface area (Å²) in [4.78, 5) is 25.7. The third-order valence-corrected chi connectivity index (χ3v) is 4.81. The summed E-state index contributed by atoms with van der Waals surface area (Å²) in [5, 5.41) is 0.549. The fraction of sp³-hybridized carbons (Fsp3) is 0.182. The number of hydrogen-bond acceptors (Lipinski definition) is 5. The van der Waals surface area contributed by atoms with Crippen LogP contribution >= 0.6 is 0 Å². The summed E-state index contributed by atoms with van der Waals surface area (Å²) < 4.78 is 43.2. The maximum atomic E-state index is 12.9. The predicted molar refractivity (Wildman–Crippen MR) is 112 cm³/mol. The van der Waals surface area contributed by atoms with Gasteiger partial charge in [0.15, 0.2) is 5.82 Å². The Balaban J connectivity index is 1.62. The van der Waals surface area contributed by atoms with Crippen molar-refractivity contribution in [3.63, 3.8) is 0 Å². The summed E-state index contributed by atoms with van der Waals surface area (Å²) in [6.07, 6.45) is 0.482. The van der Waals surface area contributed by atoms with Crippen LogP contribution in [0.5, 0.6) is 5.75 Å². The van der Waals surface area contributed by atoms with Gasteiger partial charge in [0, 0.05) is 24.0 Å². The summed E-state index contributed by atoms with van der Waals surface area (Å²) in [5.74, 6) is -0.375. The van der Waals surface area contributed by atoms with E-state index < -0.39 is 12.3 Å². The average molecular weight is 441 g/mol. The van der Waals surface area contributed by atoms with Crippen LogP contribution < -0.4 is 10.2 Å². The number of nitrogens with zero attached hydrogens (tertiary/aromatic N) is 4. The van der Waals surface area contributed by atoms with E-state index in [1.807, 2.05) is 13.0 Å². The first kappa shape index (κ1) is 21.3. The Labute approximate surface area is 180 Å². The second kappa shape index (κ2) is 8.29. The molecule has 1 amide bonds. The Kier molecular flexibility index (Phi) is 5.52. The summed E-state index contributed by atoms with van der Waals surface area (Å²) in [7, 11) is 0. The Morgan fingerprint density at radius 1 is 1.19 bits per heavy atom. The van der Waals surface area contributed by atoms with Gasteiger partial charge in [-0.25, -0.2) is 9.97 Å². The fourth-order valence-electron chi connectivity index (χ4n) is 3.33. The van der Waals surface area contributed by atoms with Gasteiger partial charge in [-0.3, -0.25) is 19.9 Å². The third kappa shape index (κ3) is 4.39. The smallest absolute Gasteiger partial charge is 0.406 e. The number of hydrogen-bond donors (Lipinski definition) is 1. The largest absolute Gasteiger partial charge is 0.573 e. The van der Waals surface area contributed by atoms with Gasteiger partial charge in [-0.05, 0) is 49.2 Å². The lowest BCUT2D eigenvalue weighted by atomic mass is 10.1. The van der Waals surface area contributed by atoms with E-state index in [0.29, 0.717) is 34.5 Å². The van der Waals surface area contributed by atoms with Crippen LogP contribution in [0.15, 0.2) is 55.0 Å². The number of carbonyl (C=O) groups is 1. The maximum Gasteiger partial charge on any atom is 0.573 e. The number of benzene rings is 1. The molecule has 0 unspecified atom stereocenters. The van der Waals surface area contributed by atoms with Gasteiger partial charge in [0.1, 0.15) is 11.4 Å². The Morgan fingerprint density at radius 3 is 2.66 bits per heavy atom. The lowest BCUT2D eigenvalue weighted by Gasteiger charge is -2.11. The number of amides is 1. The van der Waals surface area contributed by atoms with Crippen molar-refractivity contribution < 1.29 is 22.7 Å². The van der Waals surface area contributed by atoms with E-state index >= 15 is 0 Å². The van der Waals surface area contributed by atoms with E-state index in [4.69, 9.17) is 0 Å². The van der Waals surface area contributed by atoms with Gasteiger partial charge in [0.05, 0.1) is 16.8 Å². The highest BCUT2D eigenvalue weighted by Crippen LogP contribution is 2.29. The molecule has 4 rings (SSSR count). The molecule has 32 heavy (non-hydrogen) atoms. The van der Waals surface area contributed by atoms with Crippen LogP contribution in [0.25, 0.3) is 22.4 Å². The minimum absolute atomic E-state index is 0.265. The zero-order valence-corrected chi connectivity index (χ0v) is 17.1. The molecular weight excluding hydrogens is 423 g/mol. The molecule has 10 heteroatoms. The number of rotatable bonds is 5. The Morgan fingerprint density at radius 2 is 2.00 bits per heavy atom. The molecule has 7 nitrogen and oxygen atoms in total. The second-order valence-corrected chi connectivity index (χ2v) is 6.95. The Bertz CT molecular complexity index is 1290. The first-order chi connectivity index (χ1) is 15.2. The zero-order chi connectivity index (χ0) is 22.9. The molecule has 3 aromatic heterocycles. The van der Waals surface area contributed by atoms with Crippen molar-refractivity contribution in [1.29, 1.82) is 0 Å². The summed E-state index contributed by atoms with van der Waals surface area (Å²) in [6, 6.07) is 9.33. The van der Waals surface area contributed by atoms with Crippen molar-refractivity contribution in [2.24, 2.45) is 0 Å². The van der Waals surface area contributed by atoms with Gasteiger partial charge in [-0.1, -0.05) is 13.0 Å². The number of alkyl halides is 3. The molecule has 0 bridgehead atoms. The van der Waals surface area contributed by atoms with Crippen LogP contribution in [-0.4, -0.2) is 31.9 Å². The first-order valence-electron chi connectivity index (χ1n) is 9.71. The predicted octanol–water partition coefficient (Wildman–Crippen LogP) is 4.65. The van der Waals surface area contributed by atoms with Crippen LogP contribution in [0, 0.1) is 6.92 Å². The lowest BCUT2D eigenvalue weighted by molar-refractivity contribution is -0.274. The zero-order valence-electron chi connectivity index (χ0n) is 17.1. The van der Waals surface area contributed by atoms with Crippen molar-refractivity contribution in [3.05, 3.63) is 71.8 Å². The quantitative estimate of drug-likeness (QED) is 0.488. The number of carbonyl (C=O) groups excluding carboxylic acids is 1. The molecule has 4 aromatic rings. The third-order valence-electron chi connectivity index (χ3n) is 4.81. The van der Waals surface area contributed by atoms with Crippen LogP contribution in [0.4, 0.5) is 13.2 Å². The maximum absolute atomic E-state index is 12.9. The van der Waals surface area contributed by atoms with Crippen LogP contribution in [-0.2, 0) is 6.42 Å². The summed E-state index contributed by atoms with van der Waals surface area (Å²) >= 11 is 0. The van der Waals surface area contributed by atoms with E-state index in [2.05, 4.69) is 25.1 Å². The normalized spacial score (nSPS) is 11.5. The second-order valence-electron chi connectivity index (χ2n) is 6.95. The van der Waals surface area contributed by atoms with E-state index in [-0.39, 0.29) is 11.3 Å². The van der Waals surface area contributed by atoms with E-state index in [0.717, 1.165) is 5.56 Å². The van der Waals surface area contributed by atoms with Gasteiger partial charge in [-0.15, -0.1) is 13.2 Å². The number of fused-ring (bicyclic) bond motifs is 1. The molecule has 0 aliphatic carbocycles. The molecule has 0 saturated carbocycles. The SMILES string of the molecule is CCc1cn(NC(=O)c2cnc(-c3ccccn3)nc2C)c2ccc(OC(F)(F)F)cc12. The van der Waals surface area contributed by atoms with Gasteiger partial charge in [-0.2, -0.15) is 0 Å². The molecule has 3 heterocycles. The molecular formula is C22H18F3N5O2.